The number of hydrogen-bond donors (Lipinski definition) is 4. The molecule has 0 saturated heterocycles. The van der Waals surface area contributed by atoms with Crippen molar-refractivity contribution in [1.82, 2.24) is 0 Å². The van der Waals surface area contributed by atoms with E-state index in [0.717, 1.165) is 25.7 Å². The number of hydrogen-bond acceptors (Lipinski definition) is 4. The van der Waals surface area contributed by atoms with E-state index >= 15 is 0 Å². The summed E-state index contributed by atoms with van der Waals surface area (Å²) in [6.45, 7) is 16.6. The Labute approximate surface area is 207 Å². The lowest BCUT2D eigenvalue weighted by molar-refractivity contribution is -0.278. The third-order valence-corrected chi connectivity index (χ3v) is 13.5. The van der Waals surface area contributed by atoms with Gasteiger partial charge >= 0.3 is 0 Å². The topological polar surface area (TPSA) is 80.9 Å². The molecule has 0 aromatic carbocycles. The van der Waals surface area contributed by atoms with Crippen molar-refractivity contribution in [2.45, 2.75) is 112 Å². The minimum Gasteiger partial charge on any atom is -0.396 e. The zero-order valence-corrected chi connectivity index (χ0v) is 22.6. The first kappa shape index (κ1) is 25.2. The second-order valence-electron chi connectivity index (χ2n) is 14.8. The van der Waals surface area contributed by atoms with Crippen LogP contribution in [0.5, 0.6) is 0 Å². The maximum Gasteiger partial charge on any atom is 0.107 e. The van der Waals surface area contributed by atoms with E-state index in [-0.39, 0.29) is 22.7 Å². The van der Waals surface area contributed by atoms with Gasteiger partial charge in [-0.05, 0) is 96.2 Å². The van der Waals surface area contributed by atoms with Crippen molar-refractivity contribution in [2.24, 2.45) is 56.7 Å². The zero-order chi connectivity index (χ0) is 25.1. The van der Waals surface area contributed by atoms with Crippen LogP contribution in [0, 0.1) is 56.7 Å². The first-order valence-corrected chi connectivity index (χ1v) is 14.1. The minimum atomic E-state index is -1.10. The first-order valence-electron chi connectivity index (χ1n) is 14.1. The van der Waals surface area contributed by atoms with Gasteiger partial charge in [0, 0.05) is 12.0 Å². The fourth-order valence-electron chi connectivity index (χ4n) is 11.1. The summed E-state index contributed by atoms with van der Waals surface area (Å²) in [4.78, 5) is 0. The van der Waals surface area contributed by atoms with Gasteiger partial charge in [-0.1, -0.05) is 60.1 Å². The average molecular weight is 475 g/mol. The summed E-state index contributed by atoms with van der Waals surface area (Å²) >= 11 is 0. The molecule has 0 bridgehead atoms. The Bertz CT molecular complexity index is 866. The Hall–Kier alpha value is -0.420. The van der Waals surface area contributed by atoms with E-state index in [1.165, 1.54) is 19.3 Å². The summed E-state index contributed by atoms with van der Waals surface area (Å²) in [5, 5.41) is 43.6. The highest BCUT2D eigenvalue weighted by molar-refractivity contribution is 5.34. The Morgan fingerprint density at radius 1 is 0.853 bits per heavy atom. The molecule has 12 unspecified atom stereocenters. The smallest absolute Gasteiger partial charge is 0.107 e. The van der Waals surface area contributed by atoms with Crippen LogP contribution in [0.15, 0.2) is 11.6 Å². The van der Waals surface area contributed by atoms with Crippen LogP contribution in [0.1, 0.15) is 93.4 Å². The van der Waals surface area contributed by atoms with Crippen LogP contribution in [-0.4, -0.2) is 45.3 Å². The number of fused-ring (bicyclic) bond motifs is 7. The van der Waals surface area contributed by atoms with Gasteiger partial charge in [0.2, 0.25) is 0 Å². The lowest BCUT2D eigenvalue weighted by atomic mass is 9.33. The Kier molecular flexibility index (Phi) is 5.61. The molecule has 0 spiro atoms. The molecule has 5 rings (SSSR count). The van der Waals surface area contributed by atoms with Crippen LogP contribution in [0.4, 0.5) is 0 Å². The minimum absolute atomic E-state index is 0.0363. The predicted octanol–water partition coefficient (Wildman–Crippen LogP) is 4.94. The molecule has 0 amide bonds. The molecule has 4 fully saturated rings. The van der Waals surface area contributed by atoms with E-state index in [1.54, 1.807) is 5.57 Å². The monoisotopic (exact) mass is 474 g/mol. The first-order chi connectivity index (χ1) is 15.7. The average Bonchev–Trinajstić information content (AvgIpc) is 2.77. The summed E-state index contributed by atoms with van der Waals surface area (Å²) in [7, 11) is 0. The summed E-state index contributed by atoms with van der Waals surface area (Å²) in [5.41, 5.74) is 1.17. The molecule has 194 valence electrons. The molecule has 4 heteroatoms. The molecule has 12 atom stereocenters. The van der Waals surface area contributed by atoms with Crippen LogP contribution in [-0.2, 0) is 0 Å². The van der Waals surface area contributed by atoms with Gasteiger partial charge in [0.05, 0.1) is 12.2 Å². The maximum absolute atomic E-state index is 11.5. The van der Waals surface area contributed by atoms with Gasteiger partial charge in [-0.25, -0.2) is 0 Å². The Morgan fingerprint density at radius 2 is 1.53 bits per heavy atom. The van der Waals surface area contributed by atoms with Gasteiger partial charge < -0.3 is 20.4 Å². The molecule has 5 aliphatic rings. The second kappa shape index (κ2) is 7.55. The molecule has 4 nitrogen and oxygen atoms in total. The molecular formula is C30H50O4. The van der Waals surface area contributed by atoms with E-state index in [9.17, 15) is 20.4 Å². The molecule has 0 aromatic rings. The van der Waals surface area contributed by atoms with Crippen LogP contribution < -0.4 is 0 Å². The fraction of sp³-hybridized carbons (Fsp3) is 0.933. The van der Waals surface area contributed by atoms with E-state index in [4.69, 9.17) is 0 Å². The van der Waals surface area contributed by atoms with Gasteiger partial charge in [-0.15, -0.1) is 0 Å². The van der Waals surface area contributed by atoms with Gasteiger partial charge in [0.25, 0.3) is 0 Å². The van der Waals surface area contributed by atoms with Gasteiger partial charge in [-0.3, -0.25) is 0 Å². The van der Waals surface area contributed by atoms with E-state index in [2.05, 4.69) is 54.5 Å². The number of allylic oxidation sites excluding steroid dienone is 2. The highest BCUT2D eigenvalue weighted by Crippen LogP contribution is 2.75. The lowest BCUT2D eigenvalue weighted by Gasteiger charge is -2.72. The van der Waals surface area contributed by atoms with Gasteiger partial charge in [-0.2, -0.15) is 0 Å². The van der Waals surface area contributed by atoms with Crippen molar-refractivity contribution in [3.05, 3.63) is 11.6 Å². The highest BCUT2D eigenvalue weighted by atomic mass is 16.4. The maximum atomic E-state index is 11.5. The molecule has 4 saturated carbocycles. The van der Waals surface area contributed by atoms with Crippen molar-refractivity contribution in [1.29, 1.82) is 0 Å². The standard InChI is InChI=1S/C30H50O4/c1-17-18(16-31)10-12-27(4)14-15-28(5)19(22(17)27)8-9-21-29(28,6)13-11-20-26(2,3)24(33)23(32)25(34)30(20,21)7/h8,17-18,20-25,31-34H,9-16H2,1-7H3. The molecule has 0 aliphatic heterocycles. The zero-order valence-electron chi connectivity index (χ0n) is 22.6. The second-order valence-corrected chi connectivity index (χ2v) is 14.8. The number of aliphatic hydroxyl groups excluding tert-OH is 4. The van der Waals surface area contributed by atoms with Crippen LogP contribution >= 0.6 is 0 Å². The molecule has 5 aliphatic carbocycles. The highest BCUT2D eigenvalue weighted by Gasteiger charge is 2.71. The van der Waals surface area contributed by atoms with E-state index in [1.807, 2.05) is 0 Å². The largest absolute Gasteiger partial charge is 0.396 e. The SMILES string of the molecule is CC1C(CO)CCC2(C)CCC3(C)C(=CCC4C5(C)C(O)C(O)C(O)C(C)(C)C5CCC43C)C12. The normalized spacial score (nSPS) is 58.6. The van der Waals surface area contributed by atoms with Crippen molar-refractivity contribution in [3.8, 4) is 0 Å². The Balaban J connectivity index is 1.62. The molecule has 0 aromatic heterocycles. The van der Waals surface area contributed by atoms with Crippen LogP contribution in [0.3, 0.4) is 0 Å². The quantitative estimate of drug-likeness (QED) is 0.406. The van der Waals surface area contributed by atoms with Gasteiger partial charge in [0.15, 0.2) is 0 Å². The van der Waals surface area contributed by atoms with Crippen molar-refractivity contribution < 1.29 is 20.4 Å². The lowest BCUT2D eigenvalue weighted by Crippen LogP contribution is -2.71. The molecule has 34 heavy (non-hydrogen) atoms. The fourth-order valence-corrected chi connectivity index (χ4v) is 11.1. The molecular weight excluding hydrogens is 424 g/mol. The molecule has 4 N–H and O–H groups in total. The summed E-state index contributed by atoms with van der Waals surface area (Å²) < 4.78 is 0. The Morgan fingerprint density at radius 3 is 2.18 bits per heavy atom. The number of rotatable bonds is 1. The third kappa shape index (κ3) is 2.81. The molecule has 0 heterocycles. The summed E-state index contributed by atoms with van der Waals surface area (Å²) in [5.74, 6) is 1.82. The summed E-state index contributed by atoms with van der Waals surface area (Å²) in [6.07, 6.45) is 7.41. The van der Waals surface area contributed by atoms with Crippen molar-refractivity contribution in [2.75, 3.05) is 6.61 Å². The van der Waals surface area contributed by atoms with E-state index < -0.39 is 29.1 Å². The van der Waals surface area contributed by atoms with Crippen LogP contribution in [0.2, 0.25) is 0 Å². The third-order valence-electron chi connectivity index (χ3n) is 13.5. The van der Waals surface area contributed by atoms with Crippen molar-refractivity contribution >= 4 is 0 Å². The van der Waals surface area contributed by atoms with Crippen molar-refractivity contribution in [3.63, 3.8) is 0 Å². The van der Waals surface area contributed by atoms with Crippen LogP contribution in [0.25, 0.3) is 0 Å². The predicted molar refractivity (Wildman–Crippen MR) is 135 cm³/mol. The van der Waals surface area contributed by atoms with E-state index in [0.29, 0.717) is 29.8 Å². The number of aliphatic hydroxyl groups is 4. The summed E-state index contributed by atoms with van der Waals surface area (Å²) in [6, 6.07) is 0. The van der Waals surface area contributed by atoms with Gasteiger partial charge in [0.1, 0.15) is 6.10 Å². The molecule has 0 radical (unpaired) electrons.